The molecule has 0 saturated heterocycles. The smallest absolute Gasteiger partial charge is 0.315 e. The van der Waals surface area contributed by atoms with E-state index < -0.39 is 0 Å². The summed E-state index contributed by atoms with van der Waals surface area (Å²) in [5, 5.41) is 8.42. The molecule has 0 aromatic carbocycles. The first kappa shape index (κ1) is 14.8. The fraction of sp³-hybridized carbons (Fsp3) is 0.846. The molecule has 5 nitrogen and oxygen atoms in total. The largest absolute Gasteiger partial charge is 0.355 e. The second-order valence-electron chi connectivity index (χ2n) is 5.26. The highest BCUT2D eigenvalue weighted by Gasteiger charge is 2.27. The molecule has 1 aliphatic rings. The fourth-order valence-electron chi connectivity index (χ4n) is 2.42. The van der Waals surface area contributed by atoms with Crippen molar-refractivity contribution in [2.45, 2.75) is 46.1 Å². The van der Waals surface area contributed by atoms with Crippen LogP contribution in [0.25, 0.3) is 0 Å². The lowest BCUT2D eigenvalue weighted by Gasteiger charge is -2.34. The Kier molecular flexibility index (Phi) is 5.95. The minimum Gasteiger partial charge on any atom is -0.355 e. The van der Waals surface area contributed by atoms with Crippen molar-refractivity contribution in [1.29, 1.82) is 0 Å². The third-order valence-electron chi connectivity index (χ3n) is 3.81. The maximum atomic E-state index is 11.7. The van der Waals surface area contributed by atoms with Crippen LogP contribution in [-0.4, -0.2) is 31.1 Å². The second-order valence-corrected chi connectivity index (χ2v) is 5.26. The molecule has 0 aromatic rings. The number of rotatable bonds is 4. The summed E-state index contributed by atoms with van der Waals surface area (Å²) < 4.78 is 0. The molecular formula is C13H25N3O2. The van der Waals surface area contributed by atoms with Crippen LogP contribution in [0.2, 0.25) is 0 Å². The molecule has 0 aliphatic heterocycles. The predicted octanol–water partition coefficient (Wildman–Crippen LogP) is 1.25. The van der Waals surface area contributed by atoms with E-state index in [0.29, 0.717) is 24.9 Å². The Bertz CT molecular complexity index is 294. The van der Waals surface area contributed by atoms with Gasteiger partial charge in [0, 0.05) is 26.1 Å². The normalized spacial score (nSPS) is 27.4. The molecule has 104 valence electrons. The van der Waals surface area contributed by atoms with Crippen LogP contribution in [-0.2, 0) is 4.79 Å². The van der Waals surface area contributed by atoms with E-state index in [1.165, 1.54) is 19.8 Å². The molecule has 18 heavy (non-hydrogen) atoms. The average Bonchev–Trinajstić information content (AvgIpc) is 2.30. The summed E-state index contributed by atoms with van der Waals surface area (Å²) in [5.74, 6) is 1.12. The molecule has 0 radical (unpaired) electrons. The molecule has 3 atom stereocenters. The molecule has 0 heterocycles. The number of hydrogen-bond donors (Lipinski definition) is 3. The van der Waals surface area contributed by atoms with Crippen molar-refractivity contribution in [1.82, 2.24) is 16.0 Å². The molecule has 1 aliphatic carbocycles. The van der Waals surface area contributed by atoms with Crippen LogP contribution in [0.1, 0.15) is 40.0 Å². The van der Waals surface area contributed by atoms with E-state index in [1.807, 2.05) is 0 Å². The summed E-state index contributed by atoms with van der Waals surface area (Å²) in [7, 11) is 0. The zero-order valence-corrected chi connectivity index (χ0v) is 11.6. The highest BCUT2D eigenvalue weighted by Crippen LogP contribution is 2.29. The van der Waals surface area contributed by atoms with Gasteiger partial charge in [-0.25, -0.2) is 4.79 Å². The summed E-state index contributed by atoms with van der Waals surface area (Å²) in [6.07, 6.45) is 3.50. The van der Waals surface area contributed by atoms with E-state index in [0.717, 1.165) is 6.42 Å². The number of amides is 3. The maximum absolute atomic E-state index is 11.7. The van der Waals surface area contributed by atoms with Gasteiger partial charge in [-0.3, -0.25) is 4.79 Å². The van der Waals surface area contributed by atoms with Gasteiger partial charge in [0.1, 0.15) is 0 Å². The van der Waals surface area contributed by atoms with Gasteiger partial charge in [-0.15, -0.1) is 0 Å². The van der Waals surface area contributed by atoms with E-state index >= 15 is 0 Å². The monoisotopic (exact) mass is 255 g/mol. The van der Waals surface area contributed by atoms with E-state index in [-0.39, 0.29) is 18.0 Å². The first-order valence-electron chi connectivity index (χ1n) is 6.79. The Morgan fingerprint density at radius 3 is 2.44 bits per heavy atom. The van der Waals surface area contributed by atoms with Crippen LogP contribution in [0.5, 0.6) is 0 Å². The quantitative estimate of drug-likeness (QED) is 0.662. The van der Waals surface area contributed by atoms with Gasteiger partial charge in [0.2, 0.25) is 5.91 Å². The minimum absolute atomic E-state index is 0.0769. The van der Waals surface area contributed by atoms with Gasteiger partial charge < -0.3 is 16.0 Å². The minimum atomic E-state index is -0.133. The third kappa shape index (κ3) is 4.94. The zero-order chi connectivity index (χ0) is 13.5. The Labute approximate surface area is 109 Å². The first-order chi connectivity index (χ1) is 8.50. The lowest BCUT2D eigenvalue weighted by molar-refractivity contribution is -0.118. The van der Waals surface area contributed by atoms with Crippen molar-refractivity contribution in [3.63, 3.8) is 0 Å². The molecule has 1 saturated carbocycles. The van der Waals surface area contributed by atoms with Crippen molar-refractivity contribution in [2.24, 2.45) is 11.8 Å². The Morgan fingerprint density at radius 1 is 1.11 bits per heavy atom. The molecule has 1 fully saturated rings. The number of hydrogen-bond acceptors (Lipinski definition) is 2. The number of urea groups is 1. The number of carbonyl (C=O) groups is 2. The van der Waals surface area contributed by atoms with E-state index in [2.05, 4.69) is 29.8 Å². The predicted molar refractivity (Wildman–Crippen MR) is 71.2 cm³/mol. The van der Waals surface area contributed by atoms with Crippen molar-refractivity contribution >= 4 is 11.9 Å². The van der Waals surface area contributed by atoms with Crippen molar-refractivity contribution in [3.8, 4) is 0 Å². The van der Waals surface area contributed by atoms with Crippen LogP contribution in [0.4, 0.5) is 4.79 Å². The van der Waals surface area contributed by atoms with Crippen LogP contribution < -0.4 is 16.0 Å². The van der Waals surface area contributed by atoms with Gasteiger partial charge in [0.05, 0.1) is 0 Å². The molecular weight excluding hydrogens is 230 g/mol. The first-order valence-corrected chi connectivity index (χ1v) is 6.79. The lowest BCUT2D eigenvalue weighted by Crippen LogP contribution is -2.49. The molecule has 0 spiro atoms. The molecule has 3 amide bonds. The Balaban J connectivity index is 2.20. The summed E-state index contributed by atoms with van der Waals surface area (Å²) in [4.78, 5) is 22.3. The van der Waals surface area contributed by atoms with Gasteiger partial charge in [-0.1, -0.05) is 26.7 Å². The topological polar surface area (TPSA) is 70.2 Å². The average molecular weight is 255 g/mol. The summed E-state index contributed by atoms with van der Waals surface area (Å²) >= 11 is 0. The molecule has 0 unspecified atom stereocenters. The number of nitrogens with one attached hydrogen (secondary N) is 3. The van der Waals surface area contributed by atoms with Crippen LogP contribution >= 0.6 is 0 Å². The van der Waals surface area contributed by atoms with Gasteiger partial charge in [0.25, 0.3) is 0 Å². The Hall–Kier alpha value is -1.26. The molecule has 3 N–H and O–H groups in total. The number of carbonyl (C=O) groups excluding carboxylic acids is 2. The third-order valence-corrected chi connectivity index (χ3v) is 3.81. The van der Waals surface area contributed by atoms with Gasteiger partial charge >= 0.3 is 6.03 Å². The Morgan fingerprint density at radius 2 is 1.78 bits per heavy atom. The molecule has 1 rings (SSSR count). The highest BCUT2D eigenvalue weighted by atomic mass is 16.2. The van der Waals surface area contributed by atoms with Crippen LogP contribution in [0.15, 0.2) is 0 Å². The highest BCUT2D eigenvalue weighted by molar-refractivity contribution is 5.74. The maximum Gasteiger partial charge on any atom is 0.315 e. The standard InChI is InChI=1S/C13H25N3O2/c1-9-5-4-6-12(10(9)2)16-13(18)15-8-7-14-11(3)17/h9-10,12H,4-8H2,1-3H3,(H,14,17)(H2,15,16,18)/t9-,10-,12+/m0/s1. The summed E-state index contributed by atoms with van der Waals surface area (Å²) in [6, 6.07) is 0.140. The van der Waals surface area contributed by atoms with Gasteiger partial charge in [-0.05, 0) is 18.3 Å². The van der Waals surface area contributed by atoms with E-state index in [9.17, 15) is 9.59 Å². The van der Waals surface area contributed by atoms with Gasteiger partial charge in [-0.2, -0.15) is 0 Å². The second kappa shape index (κ2) is 7.24. The molecule has 0 aromatic heterocycles. The van der Waals surface area contributed by atoms with Crippen LogP contribution in [0, 0.1) is 11.8 Å². The SMILES string of the molecule is CC(=O)NCCNC(=O)N[C@@H]1CCC[C@H](C)[C@@H]1C. The van der Waals surface area contributed by atoms with E-state index in [1.54, 1.807) is 0 Å². The zero-order valence-electron chi connectivity index (χ0n) is 11.6. The summed E-state index contributed by atoms with van der Waals surface area (Å²) in [5.41, 5.74) is 0. The lowest BCUT2D eigenvalue weighted by atomic mass is 9.78. The fourth-order valence-corrected chi connectivity index (χ4v) is 2.42. The van der Waals surface area contributed by atoms with E-state index in [4.69, 9.17) is 0 Å². The van der Waals surface area contributed by atoms with Crippen molar-refractivity contribution < 1.29 is 9.59 Å². The van der Waals surface area contributed by atoms with Crippen LogP contribution in [0.3, 0.4) is 0 Å². The summed E-state index contributed by atoms with van der Waals surface area (Å²) in [6.45, 7) is 6.84. The van der Waals surface area contributed by atoms with Gasteiger partial charge in [0.15, 0.2) is 0 Å². The molecule has 5 heteroatoms. The molecule has 0 bridgehead atoms. The van der Waals surface area contributed by atoms with Crippen molar-refractivity contribution in [3.05, 3.63) is 0 Å². The van der Waals surface area contributed by atoms with Crippen molar-refractivity contribution in [2.75, 3.05) is 13.1 Å².